The highest BCUT2D eigenvalue weighted by Gasteiger charge is 2.17. The first kappa shape index (κ1) is 17.8. The van der Waals surface area contributed by atoms with E-state index < -0.39 is 10.9 Å². The van der Waals surface area contributed by atoms with E-state index in [1.807, 2.05) is 0 Å². The largest absolute Gasteiger partial charge is 0.494 e. The Balaban J connectivity index is 2.36. The number of carboxylic acid groups (broad SMARTS) is 1. The second-order valence-electron chi connectivity index (χ2n) is 5.52. The number of non-ortho nitro benzene ring substituents is 1. The van der Waals surface area contributed by atoms with Crippen LogP contribution < -0.4 is 10.5 Å². The van der Waals surface area contributed by atoms with E-state index in [0.717, 1.165) is 6.08 Å². The van der Waals surface area contributed by atoms with Crippen LogP contribution >= 0.6 is 0 Å². The van der Waals surface area contributed by atoms with Gasteiger partial charge >= 0.3 is 5.97 Å². The molecule has 9 heteroatoms. The van der Waals surface area contributed by atoms with Gasteiger partial charge in [0.15, 0.2) is 5.75 Å². The van der Waals surface area contributed by atoms with Gasteiger partial charge in [-0.25, -0.2) is 14.8 Å². The van der Waals surface area contributed by atoms with Crippen molar-refractivity contribution in [1.29, 1.82) is 0 Å². The summed E-state index contributed by atoms with van der Waals surface area (Å²) < 4.78 is 5.40. The number of methoxy groups -OCH3 is 1. The molecule has 136 valence electrons. The molecule has 0 aliphatic carbocycles. The summed E-state index contributed by atoms with van der Waals surface area (Å²) in [4.78, 5) is 29.7. The molecule has 0 amide bonds. The number of nitrogens with two attached hydrogens (primary N) is 1. The predicted molar refractivity (Wildman–Crippen MR) is 99.3 cm³/mol. The first-order valence-corrected chi connectivity index (χ1v) is 7.69. The molecular formula is C18H14N4O5. The molecule has 0 unspecified atom stereocenters. The van der Waals surface area contributed by atoms with Crippen LogP contribution in [-0.4, -0.2) is 33.1 Å². The number of ether oxygens (including phenoxy) is 1. The number of carbonyl (C=O) groups is 1. The molecule has 3 rings (SSSR count). The molecule has 0 aliphatic rings. The molecule has 0 saturated heterocycles. The third-order valence-corrected chi connectivity index (χ3v) is 3.85. The SMILES string of the molecule is COc1c(C=CC(=O)O)cc(-c2cccc([N+](=O)[O-])c2)c2cnc(N)nc12. The second-order valence-corrected chi connectivity index (χ2v) is 5.52. The Kier molecular flexibility index (Phi) is 4.67. The van der Waals surface area contributed by atoms with Gasteiger partial charge in [0.2, 0.25) is 5.95 Å². The average Bonchev–Trinajstić information content (AvgIpc) is 2.65. The number of aliphatic carboxylic acids is 1. The van der Waals surface area contributed by atoms with Crippen LogP contribution in [0.25, 0.3) is 28.1 Å². The number of hydrogen-bond donors (Lipinski definition) is 2. The van der Waals surface area contributed by atoms with Crippen molar-refractivity contribution in [1.82, 2.24) is 9.97 Å². The highest BCUT2D eigenvalue weighted by Crippen LogP contribution is 2.38. The van der Waals surface area contributed by atoms with E-state index >= 15 is 0 Å². The maximum absolute atomic E-state index is 11.1. The van der Waals surface area contributed by atoms with Gasteiger partial charge in [-0.1, -0.05) is 12.1 Å². The van der Waals surface area contributed by atoms with Gasteiger partial charge in [0.25, 0.3) is 5.69 Å². The van der Waals surface area contributed by atoms with Gasteiger partial charge in [0.1, 0.15) is 5.52 Å². The Morgan fingerprint density at radius 3 is 2.81 bits per heavy atom. The van der Waals surface area contributed by atoms with Gasteiger partial charge in [0, 0.05) is 35.4 Å². The van der Waals surface area contributed by atoms with Gasteiger partial charge in [-0.15, -0.1) is 0 Å². The molecule has 0 spiro atoms. The lowest BCUT2D eigenvalue weighted by Gasteiger charge is -2.13. The summed E-state index contributed by atoms with van der Waals surface area (Å²) in [6.07, 6.45) is 3.82. The first-order chi connectivity index (χ1) is 12.9. The number of nitro groups is 1. The van der Waals surface area contributed by atoms with Crippen LogP contribution in [0.5, 0.6) is 5.75 Å². The minimum absolute atomic E-state index is 0.0187. The topological polar surface area (TPSA) is 141 Å². The second kappa shape index (κ2) is 7.08. The normalized spacial score (nSPS) is 11.0. The average molecular weight is 366 g/mol. The highest BCUT2D eigenvalue weighted by atomic mass is 16.6. The van der Waals surface area contributed by atoms with Crippen LogP contribution in [0.3, 0.4) is 0 Å². The van der Waals surface area contributed by atoms with Crippen LogP contribution in [0, 0.1) is 10.1 Å². The quantitative estimate of drug-likeness (QED) is 0.399. The van der Waals surface area contributed by atoms with E-state index in [1.165, 1.54) is 31.5 Å². The Morgan fingerprint density at radius 1 is 1.37 bits per heavy atom. The summed E-state index contributed by atoms with van der Waals surface area (Å²) in [5.74, 6) is -0.785. The summed E-state index contributed by atoms with van der Waals surface area (Å²) in [6.45, 7) is 0. The number of rotatable bonds is 5. The summed E-state index contributed by atoms with van der Waals surface area (Å²) in [5, 5.41) is 20.6. The number of fused-ring (bicyclic) bond motifs is 1. The number of aromatic nitrogens is 2. The molecule has 0 aliphatic heterocycles. The monoisotopic (exact) mass is 366 g/mol. The summed E-state index contributed by atoms with van der Waals surface area (Å²) in [7, 11) is 1.43. The van der Waals surface area contributed by atoms with E-state index in [-0.39, 0.29) is 11.6 Å². The van der Waals surface area contributed by atoms with E-state index in [1.54, 1.807) is 18.2 Å². The predicted octanol–water partition coefficient (Wildman–Crippen LogP) is 2.89. The van der Waals surface area contributed by atoms with Crippen LogP contribution in [0.2, 0.25) is 0 Å². The Morgan fingerprint density at radius 2 is 2.15 bits per heavy atom. The molecule has 0 radical (unpaired) electrons. The Bertz CT molecular complexity index is 1090. The fourth-order valence-corrected chi connectivity index (χ4v) is 2.73. The van der Waals surface area contributed by atoms with Crippen molar-refractivity contribution in [3.63, 3.8) is 0 Å². The molecule has 27 heavy (non-hydrogen) atoms. The molecule has 3 N–H and O–H groups in total. The van der Waals surface area contributed by atoms with E-state index in [9.17, 15) is 14.9 Å². The third kappa shape index (κ3) is 3.52. The molecule has 1 heterocycles. The number of anilines is 1. The minimum Gasteiger partial charge on any atom is -0.494 e. The van der Waals surface area contributed by atoms with E-state index in [2.05, 4.69) is 9.97 Å². The zero-order chi connectivity index (χ0) is 19.6. The van der Waals surface area contributed by atoms with Gasteiger partial charge in [-0.3, -0.25) is 10.1 Å². The fourth-order valence-electron chi connectivity index (χ4n) is 2.73. The fraction of sp³-hybridized carbons (Fsp3) is 0.0556. The standard InChI is InChI=1S/C18H14N4O5/c1-27-17-11(5-6-15(23)24)8-13(14-9-20-18(19)21-16(14)17)10-3-2-4-12(7-10)22(25)26/h2-9H,1H3,(H,23,24)(H2,19,20,21). The molecule has 0 saturated carbocycles. The third-order valence-electron chi connectivity index (χ3n) is 3.85. The summed E-state index contributed by atoms with van der Waals surface area (Å²) in [5.41, 5.74) is 7.56. The van der Waals surface area contributed by atoms with Gasteiger partial charge < -0.3 is 15.6 Å². The van der Waals surface area contributed by atoms with Gasteiger partial charge in [-0.05, 0) is 23.3 Å². The van der Waals surface area contributed by atoms with E-state index in [4.69, 9.17) is 15.6 Å². The van der Waals surface area contributed by atoms with E-state index in [0.29, 0.717) is 33.3 Å². The molecule has 0 atom stereocenters. The lowest BCUT2D eigenvalue weighted by molar-refractivity contribution is -0.384. The first-order valence-electron chi connectivity index (χ1n) is 7.69. The van der Waals surface area contributed by atoms with Crippen molar-refractivity contribution in [2.45, 2.75) is 0 Å². The maximum Gasteiger partial charge on any atom is 0.328 e. The zero-order valence-corrected chi connectivity index (χ0v) is 14.1. The van der Waals surface area contributed by atoms with Crippen LogP contribution in [0.4, 0.5) is 11.6 Å². The zero-order valence-electron chi connectivity index (χ0n) is 14.1. The molecule has 3 aromatic rings. The smallest absolute Gasteiger partial charge is 0.328 e. The van der Waals surface area contributed by atoms with Gasteiger partial charge in [0.05, 0.1) is 12.0 Å². The number of hydrogen-bond acceptors (Lipinski definition) is 7. The molecule has 0 fully saturated rings. The molecular weight excluding hydrogens is 352 g/mol. The Hall–Kier alpha value is -4.01. The van der Waals surface area contributed by atoms with Crippen LogP contribution in [0.1, 0.15) is 5.56 Å². The van der Waals surface area contributed by atoms with Crippen molar-refractivity contribution in [3.8, 4) is 16.9 Å². The van der Waals surface area contributed by atoms with Crippen molar-refractivity contribution in [2.75, 3.05) is 12.8 Å². The lowest BCUT2D eigenvalue weighted by atomic mass is 9.97. The van der Waals surface area contributed by atoms with Crippen LogP contribution in [-0.2, 0) is 4.79 Å². The summed E-state index contributed by atoms with van der Waals surface area (Å²) in [6, 6.07) is 7.74. The summed E-state index contributed by atoms with van der Waals surface area (Å²) >= 11 is 0. The maximum atomic E-state index is 11.1. The molecule has 2 aromatic carbocycles. The Labute approximate surface area is 152 Å². The van der Waals surface area contributed by atoms with Gasteiger partial charge in [-0.2, -0.15) is 0 Å². The minimum atomic E-state index is -1.13. The van der Waals surface area contributed by atoms with Crippen molar-refractivity contribution >= 4 is 34.6 Å². The van der Waals surface area contributed by atoms with Crippen LogP contribution in [0.15, 0.2) is 42.6 Å². The van der Waals surface area contributed by atoms with Crippen molar-refractivity contribution in [2.24, 2.45) is 0 Å². The van der Waals surface area contributed by atoms with Crippen molar-refractivity contribution in [3.05, 3.63) is 58.3 Å². The highest BCUT2D eigenvalue weighted by molar-refractivity contribution is 6.01. The number of nitrogen functional groups attached to an aromatic ring is 1. The molecule has 1 aromatic heterocycles. The molecule has 0 bridgehead atoms. The number of nitro benzene ring substituents is 1. The lowest BCUT2D eigenvalue weighted by Crippen LogP contribution is -1.99. The number of benzene rings is 2. The number of nitrogens with zero attached hydrogens (tertiary/aromatic N) is 3. The molecule has 9 nitrogen and oxygen atoms in total. The number of carboxylic acids is 1. The van der Waals surface area contributed by atoms with Crippen molar-refractivity contribution < 1.29 is 19.6 Å².